The molecule has 3 rings (SSSR count). The highest BCUT2D eigenvalue weighted by atomic mass is 16.3. The van der Waals surface area contributed by atoms with E-state index in [1.54, 1.807) is 12.1 Å². The number of benzene rings is 1. The van der Waals surface area contributed by atoms with Crippen molar-refractivity contribution in [1.82, 2.24) is 15.1 Å². The average molecular weight is 289 g/mol. The van der Waals surface area contributed by atoms with Crippen LogP contribution < -0.4 is 5.32 Å². The number of amides is 1. The van der Waals surface area contributed by atoms with Crippen molar-refractivity contribution in [2.45, 2.75) is 25.4 Å². The fourth-order valence-corrected chi connectivity index (χ4v) is 3.16. The zero-order valence-corrected chi connectivity index (χ0v) is 12.3. The van der Waals surface area contributed by atoms with Crippen LogP contribution >= 0.6 is 0 Å². The van der Waals surface area contributed by atoms with Gasteiger partial charge in [0.25, 0.3) is 0 Å². The van der Waals surface area contributed by atoms with Crippen LogP contribution in [0.5, 0.6) is 5.75 Å². The molecule has 0 bridgehead atoms. The Morgan fingerprint density at radius 1 is 1.29 bits per heavy atom. The van der Waals surface area contributed by atoms with Crippen molar-refractivity contribution in [1.29, 1.82) is 0 Å². The number of phenolic OH excluding ortho intramolecular Hbond substituents is 1. The lowest BCUT2D eigenvalue weighted by molar-refractivity contribution is -0.134. The number of hydrogen-bond donors (Lipinski definition) is 2. The third-order valence-corrected chi connectivity index (χ3v) is 4.36. The highest BCUT2D eigenvalue weighted by molar-refractivity contribution is 5.82. The van der Waals surface area contributed by atoms with Gasteiger partial charge in [0, 0.05) is 32.7 Å². The van der Waals surface area contributed by atoms with Crippen molar-refractivity contribution in [2.24, 2.45) is 0 Å². The van der Waals surface area contributed by atoms with Gasteiger partial charge >= 0.3 is 0 Å². The van der Waals surface area contributed by atoms with Gasteiger partial charge in [-0.05, 0) is 37.1 Å². The van der Waals surface area contributed by atoms with Crippen LogP contribution in [0.2, 0.25) is 0 Å². The van der Waals surface area contributed by atoms with Gasteiger partial charge in [0.15, 0.2) is 0 Å². The molecule has 2 aliphatic rings. The van der Waals surface area contributed by atoms with Gasteiger partial charge in [-0.15, -0.1) is 0 Å². The second-order valence-electron chi connectivity index (χ2n) is 5.92. The Bertz CT molecular complexity index is 492. The molecular formula is C16H23N3O2. The highest BCUT2D eigenvalue weighted by Gasteiger charge is 2.29. The number of carbonyl (C=O) groups excluding carboxylic acids is 1. The van der Waals surface area contributed by atoms with E-state index in [1.807, 2.05) is 17.0 Å². The Labute approximate surface area is 125 Å². The first-order valence-electron chi connectivity index (χ1n) is 7.75. The summed E-state index contributed by atoms with van der Waals surface area (Å²) in [6, 6.07) is 7.44. The summed E-state index contributed by atoms with van der Waals surface area (Å²) >= 11 is 0. The number of piperazine rings is 1. The maximum absolute atomic E-state index is 12.3. The number of nitrogens with one attached hydrogen (secondary N) is 1. The number of phenols is 1. The van der Waals surface area contributed by atoms with Gasteiger partial charge in [-0.2, -0.15) is 0 Å². The summed E-state index contributed by atoms with van der Waals surface area (Å²) < 4.78 is 0. The van der Waals surface area contributed by atoms with Crippen molar-refractivity contribution in [3.05, 3.63) is 29.8 Å². The van der Waals surface area contributed by atoms with Crippen LogP contribution in [0.25, 0.3) is 0 Å². The predicted octanol–water partition coefficient (Wildman–Crippen LogP) is 0.788. The van der Waals surface area contributed by atoms with Gasteiger partial charge in [-0.25, -0.2) is 0 Å². The molecule has 2 N–H and O–H groups in total. The SMILES string of the molecule is O=C(C1CCCN1)N1CCN(Cc2cccc(O)c2)CC1. The molecule has 1 aromatic carbocycles. The zero-order chi connectivity index (χ0) is 14.7. The predicted molar refractivity (Wildman–Crippen MR) is 81.0 cm³/mol. The number of nitrogens with zero attached hydrogens (tertiary/aromatic N) is 2. The first kappa shape index (κ1) is 14.4. The molecule has 5 heteroatoms. The molecule has 1 unspecified atom stereocenters. The molecule has 0 radical (unpaired) electrons. The summed E-state index contributed by atoms with van der Waals surface area (Å²) in [5.41, 5.74) is 1.12. The maximum atomic E-state index is 12.3. The van der Waals surface area contributed by atoms with E-state index in [0.29, 0.717) is 5.75 Å². The number of rotatable bonds is 3. The lowest BCUT2D eigenvalue weighted by Gasteiger charge is -2.36. The molecule has 2 aliphatic heterocycles. The standard InChI is InChI=1S/C16H23N3O2/c20-14-4-1-3-13(11-14)12-18-7-9-19(10-8-18)16(21)15-5-2-6-17-15/h1,3-4,11,15,17,20H,2,5-10,12H2. The Hall–Kier alpha value is -1.59. The maximum Gasteiger partial charge on any atom is 0.239 e. The fraction of sp³-hybridized carbons (Fsp3) is 0.562. The van der Waals surface area contributed by atoms with Crippen molar-refractivity contribution in [3.8, 4) is 5.75 Å². The van der Waals surface area contributed by atoms with Crippen molar-refractivity contribution in [2.75, 3.05) is 32.7 Å². The number of aromatic hydroxyl groups is 1. The molecule has 1 aromatic rings. The zero-order valence-electron chi connectivity index (χ0n) is 12.3. The van der Waals surface area contributed by atoms with Crippen LogP contribution in [0.15, 0.2) is 24.3 Å². The quantitative estimate of drug-likeness (QED) is 0.864. The lowest BCUT2D eigenvalue weighted by atomic mass is 10.1. The fourth-order valence-electron chi connectivity index (χ4n) is 3.16. The smallest absolute Gasteiger partial charge is 0.239 e. The van der Waals surface area contributed by atoms with E-state index in [4.69, 9.17) is 0 Å². The van der Waals surface area contributed by atoms with Crippen LogP contribution in [0.4, 0.5) is 0 Å². The summed E-state index contributed by atoms with van der Waals surface area (Å²) in [7, 11) is 0. The average Bonchev–Trinajstić information content (AvgIpc) is 3.01. The summed E-state index contributed by atoms with van der Waals surface area (Å²) in [4.78, 5) is 16.6. The number of carbonyl (C=O) groups is 1. The van der Waals surface area contributed by atoms with E-state index in [1.165, 1.54) is 0 Å². The highest BCUT2D eigenvalue weighted by Crippen LogP contribution is 2.15. The summed E-state index contributed by atoms with van der Waals surface area (Å²) in [5, 5.41) is 12.8. The van der Waals surface area contributed by atoms with Crippen LogP contribution in [0.1, 0.15) is 18.4 Å². The van der Waals surface area contributed by atoms with E-state index in [2.05, 4.69) is 10.2 Å². The van der Waals surface area contributed by atoms with Crippen molar-refractivity contribution >= 4 is 5.91 Å². The molecular weight excluding hydrogens is 266 g/mol. The van der Waals surface area contributed by atoms with Crippen LogP contribution in [0.3, 0.4) is 0 Å². The van der Waals surface area contributed by atoms with E-state index in [-0.39, 0.29) is 11.9 Å². The third-order valence-electron chi connectivity index (χ3n) is 4.36. The molecule has 2 heterocycles. The molecule has 0 aliphatic carbocycles. The minimum Gasteiger partial charge on any atom is -0.508 e. The van der Waals surface area contributed by atoms with Crippen LogP contribution in [-0.4, -0.2) is 59.6 Å². The van der Waals surface area contributed by atoms with E-state index in [0.717, 1.165) is 57.7 Å². The molecule has 2 saturated heterocycles. The Kier molecular flexibility index (Phi) is 4.41. The monoisotopic (exact) mass is 289 g/mol. The molecule has 114 valence electrons. The molecule has 0 aromatic heterocycles. The van der Waals surface area contributed by atoms with Crippen LogP contribution in [-0.2, 0) is 11.3 Å². The summed E-state index contributed by atoms with van der Waals surface area (Å²) in [6.45, 7) is 5.19. The van der Waals surface area contributed by atoms with Gasteiger partial charge in [-0.1, -0.05) is 12.1 Å². The Morgan fingerprint density at radius 3 is 2.76 bits per heavy atom. The number of hydrogen-bond acceptors (Lipinski definition) is 4. The third kappa shape index (κ3) is 3.54. The Morgan fingerprint density at radius 2 is 2.10 bits per heavy atom. The molecule has 0 spiro atoms. The minimum absolute atomic E-state index is 0.0441. The Balaban J connectivity index is 1.49. The van der Waals surface area contributed by atoms with Gasteiger partial charge in [0.05, 0.1) is 6.04 Å². The minimum atomic E-state index is 0.0441. The lowest BCUT2D eigenvalue weighted by Crippen LogP contribution is -2.52. The molecule has 1 amide bonds. The second-order valence-corrected chi connectivity index (χ2v) is 5.92. The first-order chi connectivity index (χ1) is 10.2. The van der Waals surface area contributed by atoms with E-state index in [9.17, 15) is 9.90 Å². The molecule has 2 fully saturated rings. The van der Waals surface area contributed by atoms with Crippen molar-refractivity contribution < 1.29 is 9.90 Å². The van der Waals surface area contributed by atoms with Gasteiger partial charge in [-0.3, -0.25) is 9.69 Å². The first-order valence-corrected chi connectivity index (χ1v) is 7.75. The second kappa shape index (κ2) is 6.45. The largest absolute Gasteiger partial charge is 0.508 e. The van der Waals surface area contributed by atoms with E-state index >= 15 is 0 Å². The van der Waals surface area contributed by atoms with Crippen LogP contribution in [0, 0.1) is 0 Å². The summed E-state index contributed by atoms with van der Waals surface area (Å²) in [5.74, 6) is 0.582. The van der Waals surface area contributed by atoms with Gasteiger partial charge in [0.2, 0.25) is 5.91 Å². The molecule has 1 atom stereocenters. The molecule has 5 nitrogen and oxygen atoms in total. The topological polar surface area (TPSA) is 55.8 Å². The van der Waals surface area contributed by atoms with E-state index < -0.39 is 0 Å². The molecule has 0 saturated carbocycles. The van der Waals surface area contributed by atoms with Gasteiger partial charge in [0.1, 0.15) is 5.75 Å². The summed E-state index contributed by atoms with van der Waals surface area (Å²) in [6.07, 6.45) is 2.08. The van der Waals surface area contributed by atoms with Gasteiger partial charge < -0.3 is 15.3 Å². The van der Waals surface area contributed by atoms with Crippen molar-refractivity contribution in [3.63, 3.8) is 0 Å². The normalized spacial score (nSPS) is 23.4. The molecule has 21 heavy (non-hydrogen) atoms.